The standard InChI is InChI=1S/C14H13NO2/c1-10-7-8-12(16)9-13(10)15-14(17)11-5-3-2-4-6-11/h2-9,16H,1H3,(H,15,17). The fourth-order valence-electron chi connectivity index (χ4n) is 1.53. The van der Waals surface area contributed by atoms with Crippen LogP contribution in [0.3, 0.4) is 0 Å². The average Bonchev–Trinajstić information content (AvgIpc) is 2.35. The van der Waals surface area contributed by atoms with Crippen molar-refractivity contribution in [1.29, 1.82) is 0 Å². The van der Waals surface area contributed by atoms with Crippen molar-refractivity contribution in [3.63, 3.8) is 0 Å². The molecule has 2 aromatic rings. The molecule has 2 N–H and O–H groups in total. The van der Waals surface area contributed by atoms with Crippen LogP contribution in [0.15, 0.2) is 48.5 Å². The zero-order valence-electron chi connectivity index (χ0n) is 9.47. The molecule has 2 rings (SSSR count). The number of carbonyl (C=O) groups is 1. The van der Waals surface area contributed by atoms with Crippen molar-refractivity contribution < 1.29 is 9.90 Å². The molecule has 86 valence electrons. The Labute approximate surface area is 99.7 Å². The molecule has 0 saturated heterocycles. The van der Waals surface area contributed by atoms with E-state index < -0.39 is 0 Å². The summed E-state index contributed by atoms with van der Waals surface area (Å²) < 4.78 is 0. The van der Waals surface area contributed by atoms with E-state index in [2.05, 4.69) is 5.32 Å². The third kappa shape index (κ3) is 2.64. The largest absolute Gasteiger partial charge is 0.508 e. The molecule has 17 heavy (non-hydrogen) atoms. The van der Waals surface area contributed by atoms with Gasteiger partial charge in [-0.2, -0.15) is 0 Å². The number of phenolic OH excluding ortho intramolecular Hbond substituents is 1. The molecule has 0 aliphatic heterocycles. The van der Waals surface area contributed by atoms with Crippen LogP contribution in [0.1, 0.15) is 15.9 Å². The maximum absolute atomic E-state index is 11.9. The first-order valence-corrected chi connectivity index (χ1v) is 5.33. The van der Waals surface area contributed by atoms with Gasteiger partial charge in [-0.1, -0.05) is 24.3 Å². The first-order valence-electron chi connectivity index (χ1n) is 5.33. The van der Waals surface area contributed by atoms with E-state index in [1.807, 2.05) is 25.1 Å². The van der Waals surface area contributed by atoms with Crippen LogP contribution in [0, 0.1) is 6.92 Å². The minimum atomic E-state index is -0.181. The Hall–Kier alpha value is -2.29. The summed E-state index contributed by atoms with van der Waals surface area (Å²) in [6.45, 7) is 1.88. The summed E-state index contributed by atoms with van der Waals surface area (Å²) in [4.78, 5) is 11.9. The molecule has 3 heteroatoms. The lowest BCUT2D eigenvalue weighted by molar-refractivity contribution is 0.102. The van der Waals surface area contributed by atoms with Crippen molar-refractivity contribution in [3.05, 3.63) is 59.7 Å². The number of phenols is 1. The van der Waals surface area contributed by atoms with E-state index in [9.17, 15) is 9.90 Å². The zero-order chi connectivity index (χ0) is 12.3. The summed E-state index contributed by atoms with van der Waals surface area (Å²) in [7, 11) is 0. The molecule has 0 radical (unpaired) electrons. The minimum absolute atomic E-state index is 0.138. The summed E-state index contributed by atoms with van der Waals surface area (Å²) in [5.41, 5.74) is 2.13. The second-order valence-electron chi connectivity index (χ2n) is 3.82. The smallest absolute Gasteiger partial charge is 0.255 e. The van der Waals surface area contributed by atoms with Gasteiger partial charge in [-0.15, -0.1) is 0 Å². The average molecular weight is 227 g/mol. The molecule has 0 saturated carbocycles. The van der Waals surface area contributed by atoms with Crippen molar-refractivity contribution in [2.24, 2.45) is 0 Å². The molecule has 1 amide bonds. The molecule has 0 aliphatic rings. The van der Waals surface area contributed by atoms with Gasteiger partial charge in [0.15, 0.2) is 0 Å². The first-order chi connectivity index (χ1) is 8.16. The number of nitrogens with one attached hydrogen (secondary N) is 1. The maximum atomic E-state index is 11.9. The SMILES string of the molecule is Cc1ccc(O)cc1NC(=O)c1ccccc1. The van der Waals surface area contributed by atoms with Gasteiger partial charge >= 0.3 is 0 Å². The summed E-state index contributed by atoms with van der Waals surface area (Å²) >= 11 is 0. The Balaban J connectivity index is 2.22. The van der Waals surface area contributed by atoms with Crippen LogP contribution in [0.2, 0.25) is 0 Å². The number of anilines is 1. The zero-order valence-corrected chi connectivity index (χ0v) is 9.47. The normalized spacial score (nSPS) is 9.94. The number of amides is 1. The molecule has 0 spiro atoms. The summed E-state index contributed by atoms with van der Waals surface area (Å²) in [6.07, 6.45) is 0. The summed E-state index contributed by atoms with van der Waals surface area (Å²) in [5.74, 6) is -0.0433. The van der Waals surface area contributed by atoms with Crippen LogP contribution in [0.5, 0.6) is 5.75 Å². The molecule has 0 unspecified atom stereocenters. The summed E-state index contributed by atoms with van der Waals surface area (Å²) in [5, 5.41) is 12.1. The van der Waals surface area contributed by atoms with Gasteiger partial charge in [-0.25, -0.2) is 0 Å². The Morgan fingerprint density at radius 2 is 1.82 bits per heavy atom. The molecule has 2 aromatic carbocycles. The van der Waals surface area contributed by atoms with Crippen molar-refractivity contribution >= 4 is 11.6 Å². The van der Waals surface area contributed by atoms with Crippen molar-refractivity contribution in [2.75, 3.05) is 5.32 Å². The van der Waals surface area contributed by atoms with Gasteiger partial charge in [0, 0.05) is 17.3 Å². The monoisotopic (exact) mass is 227 g/mol. The number of hydrogen-bond acceptors (Lipinski definition) is 2. The Kier molecular flexibility index (Phi) is 3.10. The van der Waals surface area contributed by atoms with Crippen LogP contribution in [0.4, 0.5) is 5.69 Å². The van der Waals surface area contributed by atoms with Crippen LogP contribution in [0.25, 0.3) is 0 Å². The third-order valence-electron chi connectivity index (χ3n) is 2.51. The first kappa shape index (κ1) is 11.2. The van der Waals surface area contributed by atoms with Gasteiger partial charge in [-0.05, 0) is 30.7 Å². The van der Waals surface area contributed by atoms with E-state index in [-0.39, 0.29) is 11.7 Å². The molecule has 0 aliphatic carbocycles. The highest BCUT2D eigenvalue weighted by molar-refractivity contribution is 6.04. The number of aromatic hydroxyl groups is 1. The lowest BCUT2D eigenvalue weighted by Crippen LogP contribution is -2.12. The lowest BCUT2D eigenvalue weighted by atomic mass is 10.1. The highest BCUT2D eigenvalue weighted by Gasteiger charge is 2.07. The molecule has 0 bridgehead atoms. The Bertz CT molecular complexity index is 535. The maximum Gasteiger partial charge on any atom is 0.255 e. The molecule has 0 fully saturated rings. The quantitative estimate of drug-likeness (QED) is 0.828. The number of benzene rings is 2. The van der Waals surface area contributed by atoms with Crippen LogP contribution in [-0.4, -0.2) is 11.0 Å². The number of carbonyl (C=O) groups excluding carboxylic acids is 1. The van der Waals surface area contributed by atoms with Gasteiger partial charge in [0.05, 0.1) is 0 Å². The molecule has 3 nitrogen and oxygen atoms in total. The third-order valence-corrected chi connectivity index (χ3v) is 2.51. The Morgan fingerprint density at radius 1 is 1.12 bits per heavy atom. The van der Waals surface area contributed by atoms with Gasteiger partial charge in [0.2, 0.25) is 0 Å². The molecule has 0 aromatic heterocycles. The van der Waals surface area contributed by atoms with E-state index >= 15 is 0 Å². The molecule has 0 atom stereocenters. The van der Waals surface area contributed by atoms with Crippen molar-refractivity contribution in [3.8, 4) is 5.75 Å². The van der Waals surface area contributed by atoms with E-state index in [4.69, 9.17) is 0 Å². The molecular weight excluding hydrogens is 214 g/mol. The number of hydrogen-bond donors (Lipinski definition) is 2. The van der Waals surface area contributed by atoms with Crippen LogP contribution in [-0.2, 0) is 0 Å². The Morgan fingerprint density at radius 3 is 2.53 bits per heavy atom. The lowest BCUT2D eigenvalue weighted by Gasteiger charge is -2.08. The fourth-order valence-corrected chi connectivity index (χ4v) is 1.53. The highest BCUT2D eigenvalue weighted by atomic mass is 16.3. The predicted octanol–water partition coefficient (Wildman–Crippen LogP) is 2.95. The minimum Gasteiger partial charge on any atom is -0.508 e. The van der Waals surface area contributed by atoms with Crippen molar-refractivity contribution in [2.45, 2.75) is 6.92 Å². The van der Waals surface area contributed by atoms with E-state index in [0.717, 1.165) is 5.56 Å². The topological polar surface area (TPSA) is 49.3 Å². The predicted molar refractivity (Wildman–Crippen MR) is 67.2 cm³/mol. The highest BCUT2D eigenvalue weighted by Crippen LogP contribution is 2.21. The van der Waals surface area contributed by atoms with Crippen LogP contribution < -0.4 is 5.32 Å². The fraction of sp³-hybridized carbons (Fsp3) is 0.0714. The molecule has 0 heterocycles. The van der Waals surface area contributed by atoms with E-state index in [0.29, 0.717) is 11.3 Å². The van der Waals surface area contributed by atoms with E-state index in [1.54, 1.807) is 24.3 Å². The van der Waals surface area contributed by atoms with Gasteiger partial charge in [0.25, 0.3) is 5.91 Å². The molecular formula is C14H13NO2. The van der Waals surface area contributed by atoms with Gasteiger partial charge in [-0.3, -0.25) is 4.79 Å². The number of rotatable bonds is 2. The van der Waals surface area contributed by atoms with Gasteiger partial charge in [0.1, 0.15) is 5.75 Å². The second kappa shape index (κ2) is 4.70. The van der Waals surface area contributed by atoms with Crippen molar-refractivity contribution in [1.82, 2.24) is 0 Å². The van der Waals surface area contributed by atoms with Crippen LogP contribution >= 0.6 is 0 Å². The number of aryl methyl sites for hydroxylation is 1. The van der Waals surface area contributed by atoms with E-state index in [1.165, 1.54) is 6.07 Å². The summed E-state index contributed by atoms with van der Waals surface area (Å²) in [6, 6.07) is 13.9. The second-order valence-corrected chi connectivity index (χ2v) is 3.82. The van der Waals surface area contributed by atoms with Gasteiger partial charge < -0.3 is 10.4 Å².